The lowest BCUT2D eigenvalue weighted by Crippen LogP contribution is -2.44. The summed E-state index contributed by atoms with van der Waals surface area (Å²) in [4.78, 5) is 17.1. The van der Waals surface area contributed by atoms with Gasteiger partial charge in [0.05, 0.1) is 23.3 Å². The van der Waals surface area contributed by atoms with Crippen LogP contribution in [0.25, 0.3) is 0 Å². The van der Waals surface area contributed by atoms with Gasteiger partial charge in [-0.25, -0.2) is 0 Å². The summed E-state index contributed by atoms with van der Waals surface area (Å²) in [6.07, 6.45) is 1.81. The number of hydrogen-bond donors (Lipinski definition) is 1. The molecule has 3 rings (SSSR count). The summed E-state index contributed by atoms with van der Waals surface area (Å²) in [5.74, 6) is 0.331. The van der Waals surface area contributed by atoms with Crippen LogP contribution in [0, 0.1) is 5.92 Å². The van der Waals surface area contributed by atoms with Crippen molar-refractivity contribution in [3.8, 4) is 0 Å². The second-order valence-corrected chi connectivity index (χ2v) is 7.86. The lowest BCUT2D eigenvalue weighted by atomic mass is 9.95. The van der Waals surface area contributed by atoms with Crippen molar-refractivity contribution >= 4 is 29.1 Å². The van der Waals surface area contributed by atoms with E-state index in [0.29, 0.717) is 10.0 Å². The first-order chi connectivity index (χ1) is 12.6. The van der Waals surface area contributed by atoms with Crippen molar-refractivity contribution in [2.75, 3.05) is 52.5 Å². The second kappa shape index (κ2) is 9.90. The number of piperidine rings is 1. The molecular weight excluding hydrogens is 373 g/mol. The fourth-order valence-electron chi connectivity index (χ4n) is 3.56. The Morgan fingerprint density at radius 1 is 1.08 bits per heavy atom. The number of morpholine rings is 1. The molecule has 0 saturated carbocycles. The SMILES string of the molecule is O=C(NCCN1CCOCC1)C1CCN(Cc2ccc(Cl)c(Cl)c2)CC1. The minimum Gasteiger partial charge on any atom is -0.379 e. The molecule has 5 nitrogen and oxygen atoms in total. The van der Waals surface area contributed by atoms with E-state index < -0.39 is 0 Å². The van der Waals surface area contributed by atoms with E-state index in [9.17, 15) is 4.79 Å². The average molecular weight is 400 g/mol. The van der Waals surface area contributed by atoms with Gasteiger partial charge in [-0.2, -0.15) is 0 Å². The molecular formula is C19H27Cl2N3O2. The van der Waals surface area contributed by atoms with Crippen LogP contribution in [-0.2, 0) is 16.1 Å². The molecule has 1 aromatic carbocycles. The molecule has 0 spiro atoms. The Labute approximate surface area is 165 Å². The van der Waals surface area contributed by atoms with Crippen LogP contribution in [0.5, 0.6) is 0 Å². The zero-order valence-corrected chi connectivity index (χ0v) is 16.6. The summed E-state index contributed by atoms with van der Waals surface area (Å²) in [5, 5.41) is 4.29. The maximum atomic E-state index is 12.4. The van der Waals surface area contributed by atoms with Gasteiger partial charge < -0.3 is 10.1 Å². The molecule has 2 aliphatic heterocycles. The van der Waals surface area contributed by atoms with Gasteiger partial charge in [0.25, 0.3) is 0 Å². The van der Waals surface area contributed by atoms with E-state index in [2.05, 4.69) is 15.1 Å². The fraction of sp³-hybridized carbons (Fsp3) is 0.632. The molecule has 0 aliphatic carbocycles. The molecule has 2 fully saturated rings. The van der Waals surface area contributed by atoms with Gasteiger partial charge in [0.15, 0.2) is 0 Å². The summed E-state index contributed by atoms with van der Waals surface area (Å²) in [6, 6.07) is 5.78. The summed E-state index contributed by atoms with van der Waals surface area (Å²) in [5.41, 5.74) is 1.16. The normalized spacial score (nSPS) is 20.2. The van der Waals surface area contributed by atoms with Crippen LogP contribution >= 0.6 is 23.2 Å². The van der Waals surface area contributed by atoms with Gasteiger partial charge in [-0.15, -0.1) is 0 Å². The molecule has 2 saturated heterocycles. The molecule has 0 aromatic heterocycles. The van der Waals surface area contributed by atoms with Gasteiger partial charge in [-0.05, 0) is 43.6 Å². The number of nitrogens with one attached hydrogen (secondary N) is 1. The van der Waals surface area contributed by atoms with Crippen molar-refractivity contribution < 1.29 is 9.53 Å². The third-order valence-corrected chi connectivity index (χ3v) is 5.92. The summed E-state index contributed by atoms with van der Waals surface area (Å²) < 4.78 is 5.34. The molecule has 0 unspecified atom stereocenters. The monoisotopic (exact) mass is 399 g/mol. The molecule has 0 bridgehead atoms. The largest absolute Gasteiger partial charge is 0.379 e. The van der Waals surface area contributed by atoms with Crippen LogP contribution in [0.3, 0.4) is 0 Å². The summed E-state index contributed by atoms with van der Waals surface area (Å²) in [7, 11) is 0. The van der Waals surface area contributed by atoms with Gasteiger partial charge in [0, 0.05) is 38.6 Å². The van der Waals surface area contributed by atoms with E-state index >= 15 is 0 Å². The Bertz CT molecular complexity index is 600. The predicted octanol–water partition coefficient (Wildman–Crippen LogP) is 2.65. The molecule has 26 heavy (non-hydrogen) atoms. The van der Waals surface area contributed by atoms with Crippen molar-refractivity contribution in [2.24, 2.45) is 5.92 Å². The molecule has 2 heterocycles. The highest BCUT2D eigenvalue weighted by molar-refractivity contribution is 6.42. The van der Waals surface area contributed by atoms with Crippen molar-refractivity contribution in [1.82, 2.24) is 15.1 Å². The Morgan fingerprint density at radius 2 is 1.81 bits per heavy atom. The number of hydrogen-bond acceptors (Lipinski definition) is 4. The van der Waals surface area contributed by atoms with E-state index in [1.54, 1.807) is 0 Å². The number of amides is 1. The van der Waals surface area contributed by atoms with Gasteiger partial charge in [-0.3, -0.25) is 14.6 Å². The maximum absolute atomic E-state index is 12.4. The minimum absolute atomic E-state index is 0.129. The van der Waals surface area contributed by atoms with Crippen LogP contribution in [0.4, 0.5) is 0 Å². The summed E-state index contributed by atoms with van der Waals surface area (Å²) in [6.45, 7) is 7.86. The van der Waals surface area contributed by atoms with Crippen molar-refractivity contribution in [1.29, 1.82) is 0 Å². The third kappa shape index (κ3) is 5.83. The van der Waals surface area contributed by atoms with Gasteiger partial charge in [-0.1, -0.05) is 29.3 Å². The Morgan fingerprint density at radius 3 is 2.50 bits per heavy atom. The number of likely N-dealkylation sites (tertiary alicyclic amines) is 1. The first kappa shape index (κ1) is 19.9. The van der Waals surface area contributed by atoms with Crippen LogP contribution in [0.15, 0.2) is 18.2 Å². The first-order valence-electron chi connectivity index (χ1n) is 9.36. The Kier molecular flexibility index (Phi) is 7.58. The van der Waals surface area contributed by atoms with E-state index in [0.717, 1.165) is 77.4 Å². The topological polar surface area (TPSA) is 44.8 Å². The van der Waals surface area contributed by atoms with Gasteiger partial charge in [0.1, 0.15) is 0 Å². The number of halogens is 2. The average Bonchev–Trinajstić information content (AvgIpc) is 2.66. The zero-order chi connectivity index (χ0) is 18.4. The fourth-order valence-corrected chi connectivity index (χ4v) is 3.88. The standard InChI is InChI=1S/C19H27Cl2N3O2/c20-17-2-1-15(13-18(17)21)14-24-6-3-16(4-7-24)19(25)22-5-8-23-9-11-26-12-10-23/h1-2,13,16H,3-12,14H2,(H,22,25). The van der Waals surface area contributed by atoms with Gasteiger partial charge in [0.2, 0.25) is 5.91 Å². The third-order valence-electron chi connectivity index (χ3n) is 5.18. The lowest BCUT2D eigenvalue weighted by molar-refractivity contribution is -0.126. The van der Waals surface area contributed by atoms with E-state index in [1.807, 2.05) is 18.2 Å². The van der Waals surface area contributed by atoms with Crippen LogP contribution in [-0.4, -0.2) is 68.2 Å². The minimum atomic E-state index is 0.129. The molecule has 1 aromatic rings. The molecule has 2 aliphatic rings. The van der Waals surface area contributed by atoms with Crippen molar-refractivity contribution in [2.45, 2.75) is 19.4 Å². The second-order valence-electron chi connectivity index (χ2n) is 7.04. The highest BCUT2D eigenvalue weighted by atomic mass is 35.5. The van der Waals surface area contributed by atoms with Crippen LogP contribution < -0.4 is 5.32 Å². The Hall–Kier alpha value is -0.850. The molecule has 0 radical (unpaired) electrons. The molecule has 1 N–H and O–H groups in total. The van der Waals surface area contributed by atoms with E-state index in [1.165, 1.54) is 0 Å². The van der Waals surface area contributed by atoms with E-state index in [-0.39, 0.29) is 11.8 Å². The number of ether oxygens (including phenoxy) is 1. The van der Waals surface area contributed by atoms with E-state index in [4.69, 9.17) is 27.9 Å². The molecule has 1 amide bonds. The van der Waals surface area contributed by atoms with Crippen molar-refractivity contribution in [3.63, 3.8) is 0 Å². The number of carbonyl (C=O) groups is 1. The molecule has 7 heteroatoms. The highest BCUT2D eigenvalue weighted by Crippen LogP contribution is 2.25. The number of nitrogens with zero attached hydrogens (tertiary/aromatic N) is 2. The summed E-state index contributed by atoms with van der Waals surface area (Å²) >= 11 is 12.1. The number of rotatable bonds is 6. The first-order valence-corrected chi connectivity index (χ1v) is 10.1. The number of benzene rings is 1. The van der Waals surface area contributed by atoms with Crippen LogP contribution in [0.1, 0.15) is 18.4 Å². The predicted molar refractivity (Wildman–Crippen MR) is 105 cm³/mol. The number of carbonyl (C=O) groups excluding carboxylic acids is 1. The Balaban J connectivity index is 1.35. The highest BCUT2D eigenvalue weighted by Gasteiger charge is 2.25. The molecule has 144 valence electrons. The smallest absolute Gasteiger partial charge is 0.223 e. The van der Waals surface area contributed by atoms with Gasteiger partial charge >= 0.3 is 0 Å². The maximum Gasteiger partial charge on any atom is 0.223 e. The molecule has 0 atom stereocenters. The zero-order valence-electron chi connectivity index (χ0n) is 15.1. The van der Waals surface area contributed by atoms with Crippen LogP contribution in [0.2, 0.25) is 10.0 Å². The quantitative estimate of drug-likeness (QED) is 0.798. The lowest BCUT2D eigenvalue weighted by Gasteiger charge is -2.31. The van der Waals surface area contributed by atoms with Crippen molar-refractivity contribution in [3.05, 3.63) is 33.8 Å².